The summed E-state index contributed by atoms with van der Waals surface area (Å²) in [5, 5.41) is 114. The smallest absolute Gasteiger partial charge is 0.337 e. The van der Waals surface area contributed by atoms with Crippen LogP contribution in [0.2, 0.25) is 0 Å². The lowest BCUT2D eigenvalue weighted by atomic mass is 9.81. The monoisotopic (exact) mass is 1110 g/mol. The number of rotatable bonds is 22. The Morgan fingerprint density at radius 1 is 0.590 bits per heavy atom. The van der Waals surface area contributed by atoms with Crippen LogP contribution in [0.25, 0.3) is 6.08 Å². The average Bonchev–Trinajstić information content (AvgIpc) is 3.46. The molecule has 0 spiro atoms. The van der Waals surface area contributed by atoms with Crippen molar-refractivity contribution in [3.05, 3.63) is 78.8 Å². The number of aliphatic hydroxyl groups excluding tert-OH is 11. The Kier molecular flexibility index (Phi) is 22.1. The number of carbonyl (C=O) groups is 4. The number of hydrogen-bond donors (Lipinski definition) is 11. The van der Waals surface area contributed by atoms with Gasteiger partial charge in [-0.15, -0.1) is 13.2 Å². The Morgan fingerprint density at radius 2 is 1.08 bits per heavy atom. The lowest BCUT2D eigenvalue weighted by molar-refractivity contribution is -0.339. The Labute approximate surface area is 445 Å². The van der Waals surface area contributed by atoms with E-state index in [1.54, 1.807) is 12.1 Å². The van der Waals surface area contributed by atoms with Crippen LogP contribution in [-0.2, 0) is 71.3 Å². The molecule has 1 aromatic carbocycles. The molecule has 6 rings (SSSR count). The van der Waals surface area contributed by atoms with Crippen molar-refractivity contribution < 1.29 is 137 Å². The first-order valence-electron chi connectivity index (χ1n) is 24.3. The zero-order chi connectivity index (χ0) is 57.1. The molecule has 5 heterocycles. The molecule has 0 aromatic heterocycles. The summed E-state index contributed by atoms with van der Waals surface area (Å²) in [7, 11) is 3.41. The quantitative estimate of drug-likeness (QED) is 0.0300. The van der Waals surface area contributed by atoms with Gasteiger partial charge in [-0.2, -0.15) is 0 Å². The van der Waals surface area contributed by atoms with Crippen molar-refractivity contribution in [3.63, 3.8) is 0 Å². The summed E-state index contributed by atoms with van der Waals surface area (Å²) < 4.78 is 72.7. The van der Waals surface area contributed by atoms with E-state index in [0.717, 1.165) is 26.7 Å². The minimum atomic E-state index is -2.09. The van der Waals surface area contributed by atoms with Gasteiger partial charge in [0.15, 0.2) is 30.2 Å². The summed E-state index contributed by atoms with van der Waals surface area (Å²) in [6.45, 7) is 4.87. The van der Waals surface area contributed by atoms with E-state index in [0.29, 0.717) is 5.56 Å². The second kappa shape index (κ2) is 28.0. The third-order valence-electron chi connectivity index (χ3n) is 13.6. The fraction of sp³-hybridized carbons (Fsp3) is 0.600. The first kappa shape index (κ1) is 61.6. The highest BCUT2D eigenvalue weighted by molar-refractivity contribution is 5.90. The second-order valence-electron chi connectivity index (χ2n) is 18.3. The van der Waals surface area contributed by atoms with Gasteiger partial charge in [-0.1, -0.05) is 30.4 Å². The highest BCUT2D eigenvalue weighted by Crippen LogP contribution is 2.40. The highest BCUT2D eigenvalue weighted by atomic mass is 16.8. The van der Waals surface area contributed by atoms with Crippen LogP contribution in [0, 0.1) is 23.7 Å². The molecule has 3 saturated heterocycles. The van der Waals surface area contributed by atoms with E-state index in [1.807, 2.05) is 0 Å². The lowest BCUT2D eigenvalue weighted by Crippen LogP contribution is -2.61. The van der Waals surface area contributed by atoms with Crippen LogP contribution in [-0.4, -0.2) is 233 Å². The van der Waals surface area contributed by atoms with Crippen LogP contribution in [0.15, 0.2) is 73.3 Å². The summed E-state index contributed by atoms with van der Waals surface area (Å²) in [4.78, 5) is 54.0. The summed E-state index contributed by atoms with van der Waals surface area (Å²) in [5.41, 5.74) is 0.0979. The predicted molar refractivity (Wildman–Crippen MR) is 254 cm³/mol. The van der Waals surface area contributed by atoms with Crippen molar-refractivity contribution in [3.8, 4) is 11.5 Å². The Hall–Kier alpha value is -5.64. The number of benzene rings is 1. The number of aliphatic hydroxyl groups is 11. The number of carbonyl (C=O) groups excluding carboxylic acids is 4. The standard InChI is InChI=1S/C50H66O28/c1-6-22-24(26(44(64)67-4)18-70-46(22)77-48-41(62)38(59)35(56)30(16-52)73-48)14-33(54)69-20-32-37(58)40(61)43(50(75-32)72-28-11-10-21(9-8-12-51)13-29(28)66-3)76-34(55)15-25-23(7-2)47(71-19-27(25)45(65)68-5)78-49-42(63)39(60)36(57)31(17-53)74-49/h6-11,13,18-19,22-25,30-32,35-43,46-53,56-63H,1-2,12,14-17,20H2,3-5H3/b9-8+/t22-,23-,24+,25+,30-,31-,32-,35-,36-,37-,38+,39+,40+,41-,42-,43-,46+,47+,48+,49+,50-/m1/s1. The van der Waals surface area contributed by atoms with Crippen molar-refractivity contribution in [1.82, 2.24) is 0 Å². The first-order valence-corrected chi connectivity index (χ1v) is 24.3. The van der Waals surface area contributed by atoms with Gasteiger partial charge in [0.2, 0.25) is 18.9 Å². The molecule has 434 valence electrons. The highest BCUT2D eigenvalue weighted by Gasteiger charge is 2.52. The molecule has 0 amide bonds. The van der Waals surface area contributed by atoms with Gasteiger partial charge in [0.05, 0.1) is 77.7 Å². The maximum Gasteiger partial charge on any atom is 0.337 e. The van der Waals surface area contributed by atoms with E-state index in [4.69, 9.17) is 61.6 Å². The minimum absolute atomic E-state index is 0.0677. The van der Waals surface area contributed by atoms with Crippen LogP contribution >= 0.6 is 0 Å². The molecule has 3 fully saturated rings. The number of ether oxygens (including phenoxy) is 13. The molecular weight excluding hydrogens is 1050 g/mol. The van der Waals surface area contributed by atoms with E-state index in [1.165, 1.54) is 37.5 Å². The molecule has 0 aliphatic carbocycles. The van der Waals surface area contributed by atoms with Crippen molar-refractivity contribution in [2.45, 2.75) is 118 Å². The maximum absolute atomic E-state index is 14.2. The molecule has 28 heteroatoms. The predicted octanol–water partition coefficient (Wildman–Crippen LogP) is -3.94. The van der Waals surface area contributed by atoms with Crippen molar-refractivity contribution >= 4 is 30.0 Å². The van der Waals surface area contributed by atoms with Gasteiger partial charge in [-0.25, -0.2) is 9.59 Å². The molecule has 0 unspecified atom stereocenters. The average molecular weight is 1120 g/mol. The summed E-state index contributed by atoms with van der Waals surface area (Å²) in [6.07, 6.45) is -23.6. The van der Waals surface area contributed by atoms with Crippen LogP contribution in [0.1, 0.15) is 18.4 Å². The third-order valence-corrected chi connectivity index (χ3v) is 13.6. The Balaban J connectivity index is 1.22. The molecule has 5 aliphatic rings. The van der Waals surface area contributed by atoms with Crippen molar-refractivity contribution in [2.24, 2.45) is 23.7 Å². The molecule has 78 heavy (non-hydrogen) atoms. The fourth-order valence-electron chi connectivity index (χ4n) is 9.23. The summed E-state index contributed by atoms with van der Waals surface area (Å²) in [5.74, 6) is -8.90. The number of methoxy groups -OCH3 is 3. The van der Waals surface area contributed by atoms with E-state index in [2.05, 4.69) is 13.2 Å². The molecular formula is C50H66O28. The van der Waals surface area contributed by atoms with Crippen LogP contribution in [0.3, 0.4) is 0 Å². The molecule has 21 atom stereocenters. The lowest BCUT2D eigenvalue weighted by Gasteiger charge is -2.43. The van der Waals surface area contributed by atoms with E-state index in [-0.39, 0.29) is 29.3 Å². The van der Waals surface area contributed by atoms with Gasteiger partial charge in [0.25, 0.3) is 0 Å². The number of esters is 4. The minimum Gasteiger partial charge on any atom is -0.493 e. The first-order chi connectivity index (χ1) is 37.3. The Bertz CT molecular complexity index is 2320. The van der Waals surface area contributed by atoms with Crippen molar-refractivity contribution in [2.75, 3.05) is 47.8 Å². The maximum atomic E-state index is 14.2. The molecule has 28 nitrogen and oxygen atoms in total. The van der Waals surface area contributed by atoms with E-state index >= 15 is 0 Å². The third kappa shape index (κ3) is 13.8. The van der Waals surface area contributed by atoms with Crippen molar-refractivity contribution in [1.29, 1.82) is 0 Å². The fourth-order valence-corrected chi connectivity index (χ4v) is 9.23. The SMILES string of the molecule is C=C[C@H]1[C@H](O[C@@H]2O[C@H](CO)[C@@H](O)[C@H](O)[C@H]2O)OC=C(C(=O)OC)[C@H]1CC(=O)OC[C@H]1O[C@@H](Oc2ccc(/C=C/CO)cc2OC)[C@H](OC(=O)C[C@@H]2C(C(=O)OC)=CO[C@@H](O[C@@H]3O[C@H](CO)[C@@H](O)[C@H](O)[C@H]3O)[C@@H]2C=C)[C@@H](O)[C@@H]1O. The van der Waals surface area contributed by atoms with Crippen LogP contribution < -0.4 is 9.47 Å². The summed E-state index contributed by atoms with van der Waals surface area (Å²) in [6, 6.07) is 4.46. The van der Waals surface area contributed by atoms with E-state index in [9.17, 15) is 75.3 Å². The zero-order valence-corrected chi connectivity index (χ0v) is 42.3. The molecule has 5 aliphatic heterocycles. The van der Waals surface area contributed by atoms with Gasteiger partial charge in [-0.3, -0.25) is 9.59 Å². The normalized spacial score (nSPS) is 36.8. The molecule has 0 saturated carbocycles. The zero-order valence-electron chi connectivity index (χ0n) is 42.3. The molecule has 0 radical (unpaired) electrons. The van der Waals surface area contributed by atoms with E-state index < -0.39 is 185 Å². The Morgan fingerprint density at radius 3 is 1.54 bits per heavy atom. The molecule has 11 N–H and O–H groups in total. The largest absolute Gasteiger partial charge is 0.493 e. The van der Waals surface area contributed by atoms with Crippen LogP contribution in [0.5, 0.6) is 11.5 Å². The van der Waals surface area contributed by atoms with Gasteiger partial charge in [0.1, 0.15) is 73.8 Å². The van der Waals surface area contributed by atoms with Gasteiger partial charge >= 0.3 is 23.9 Å². The van der Waals surface area contributed by atoms with Crippen LogP contribution in [0.4, 0.5) is 0 Å². The van der Waals surface area contributed by atoms with Gasteiger partial charge < -0.3 is 118 Å². The number of hydrogen-bond acceptors (Lipinski definition) is 28. The topological polar surface area (TPSA) is 411 Å². The van der Waals surface area contributed by atoms with Gasteiger partial charge in [0, 0.05) is 23.7 Å². The molecule has 1 aromatic rings. The summed E-state index contributed by atoms with van der Waals surface area (Å²) >= 11 is 0. The second-order valence-corrected chi connectivity index (χ2v) is 18.3. The van der Waals surface area contributed by atoms with Gasteiger partial charge in [-0.05, 0) is 17.7 Å². The molecule has 0 bridgehead atoms.